The quantitative estimate of drug-likeness (QED) is 0.590. The van der Waals surface area contributed by atoms with Gasteiger partial charge in [0.15, 0.2) is 0 Å². The minimum absolute atomic E-state index is 0.0457. The van der Waals surface area contributed by atoms with E-state index in [0.717, 1.165) is 16.8 Å². The van der Waals surface area contributed by atoms with Crippen molar-refractivity contribution in [1.29, 1.82) is 0 Å². The van der Waals surface area contributed by atoms with Gasteiger partial charge >= 0.3 is 6.03 Å². The number of amides is 3. The maximum atomic E-state index is 13.5. The highest BCUT2D eigenvalue weighted by atomic mass is 35.5. The zero-order chi connectivity index (χ0) is 24.8. The first-order chi connectivity index (χ1) is 16.2. The number of rotatable bonds is 8. The Kier molecular flexibility index (Phi) is 8.69. The van der Waals surface area contributed by atoms with Crippen LogP contribution < -0.4 is 5.32 Å². The molecule has 0 fully saturated rings. The molecule has 0 aliphatic carbocycles. The van der Waals surface area contributed by atoms with Gasteiger partial charge in [-0.1, -0.05) is 35.9 Å². The second-order valence-corrected chi connectivity index (χ2v) is 9.31. The lowest BCUT2D eigenvalue weighted by Crippen LogP contribution is -2.48. The third kappa shape index (κ3) is 6.36. The number of halogens is 1. The Morgan fingerprint density at radius 1 is 1.18 bits per heavy atom. The van der Waals surface area contributed by atoms with Crippen molar-refractivity contribution in [2.75, 3.05) is 26.8 Å². The average molecular weight is 485 g/mol. The molecule has 0 saturated heterocycles. The van der Waals surface area contributed by atoms with Crippen LogP contribution in [0.5, 0.6) is 0 Å². The molecular weight excluding hydrogens is 452 g/mol. The van der Waals surface area contributed by atoms with Crippen molar-refractivity contribution in [2.45, 2.75) is 46.2 Å². The van der Waals surface area contributed by atoms with E-state index >= 15 is 0 Å². The van der Waals surface area contributed by atoms with Gasteiger partial charge in [-0.25, -0.2) is 9.80 Å². The standard InChI is InChI=1S/C26H33ClN4O3/c1-17(2)28-26(33)30(12-13-34-5)16-25(32)31-24(20-8-10-22(27)11-9-20)15-23(29-31)21-7-6-18(3)19(4)14-21/h6-11,14,17,24H,12-13,15-16H2,1-5H3,(H,28,33)/t24-/m0/s1. The van der Waals surface area contributed by atoms with Gasteiger partial charge in [-0.2, -0.15) is 5.10 Å². The molecule has 1 aliphatic rings. The fourth-order valence-electron chi connectivity index (χ4n) is 3.81. The average Bonchev–Trinajstić information content (AvgIpc) is 3.24. The van der Waals surface area contributed by atoms with Crippen molar-refractivity contribution in [3.63, 3.8) is 0 Å². The molecule has 182 valence electrons. The smallest absolute Gasteiger partial charge is 0.318 e. The molecule has 0 aromatic heterocycles. The van der Waals surface area contributed by atoms with E-state index in [1.54, 1.807) is 7.11 Å². The summed E-state index contributed by atoms with van der Waals surface area (Å²) in [5, 5.41) is 9.73. The summed E-state index contributed by atoms with van der Waals surface area (Å²) in [7, 11) is 1.57. The molecule has 1 aliphatic heterocycles. The number of nitrogens with zero attached hydrogens (tertiary/aromatic N) is 3. The first-order valence-corrected chi connectivity index (χ1v) is 11.8. The van der Waals surface area contributed by atoms with Crippen molar-refractivity contribution in [3.05, 3.63) is 69.7 Å². The van der Waals surface area contributed by atoms with Crippen LogP contribution in [0.25, 0.3) is 0 Å². The number of nitrogens with one attached hydrogen (secondary N) is 1. The van der Waals surface area contributed by atoms with Crippen LogP contribution in [0.3, 0.4) is 0 Å². The molecular formula is C26H33ClN4O3. The summed E-state index contributed by atoms with van der Waals surface area (Å²) in [5.41, 5.74) is 5.15. The van der Waals surface area contributed by atoms with Gasteiger partial charge < -0.3 is 15.0 Å². The van der Waals surface area contributed by atoms with Crippen molar-refractivity contribution >= 4 is 29.3 Å². The van der Waals surface area contributed by atoms with Gasteiger partial charge in [0.25, 0.3) is 5.91 Å². The fraction of sp³-hybridized carbons (Fsp3) is 0.423. The minimum Gasteiger partial charge on any atom is -0.383 e. The highest BCUT2D eigenvalue weighted by Crippen LogP contribution is 2.33. The van der Waals surface area contributed by atoms with Crippen molar-refractivity contribution in [3.8, 4) is 0 Å². The summed E-state index contributed by atoms with van der Waals surface area (Å²) in [4.78, 5) is 27.6. The van der Waals surface area contributed by atoms with Crippen LogP contribution in [-0.2, 0) is 9.53 Å². The lowest BCUT2D eigenvalue weighted by atomic mass is 9.96. The highest BCUT2D eigenvalue weighted by molar-refractivity contribution is 6.30. The molecule has 1 N–H and O–H groups in total. The molecule has 0 radical (unpaired) electrons. The Hall–Kier alpha value is -2.90. The summed E-state index contributed by atoms with van der Waals surface area (Å²) < 4.78 is 5.15. The molecule has 34 heavy (non-hydrogen) atoms. The van der Waals surface area contributed by atoms with Gasteiger partial charge in [0, 0.05) is 31.1 Å². The number of methoxy groups -OCH3 is 1. The Morgan fingerprint density at radius 3 is 2.50 bits per heavy atom. The van der Waals surface area contributed by atoms with Crippen molar-refractivity contribution < 1.29 is 14.3 Å². The topological polar surface area (TPSA) is 74.2 Å². The maximum Gasteiger partial charge on any atom is 0.318 e. The fourth-order valence-corrected chi connectivity index (χ4v) is 3.93. The highest BCUT2D eigenvalue weighted by Gasteiger charge is 2.34. The molecule has 2 aromatic rings. The van der Waals surface area contributed by atoms with Gasteiger partial charge in [0.2, 0.25) is 0 Å². The van der Waals surface area contributed by atoms with Gasteiger partial charge in [0.1, 0.15) is 6.54 Å². The van der Waals surface area contributed by atoms with Crippen LogP contribution in [0, 0.1) is 13.8 Å². The minimum atomic E-state index is -0.305. The second kappa shape index (κ2) is 11.5. The number of urea groups is 1. The van der Waals surface area contributed by atoms with Gasteiger partial charge in [-0.3, -0.25) is 4.79 Å². The van der Waals surface area contributed by atoms with E-state index in [4.69, 9.17) is 21.4 Å². The number of aryl methyl sites for hydroxylation is 2. The zero-order valence-corrected chi connectivity index (χ0v) is 21.2. The predicted molar refractivity (Wildman–Crippen MR) is 135 cm³/mol. The molecule has 7 nitrogen and oxygen atoms in total. The van der Waals surface area contributed by atoms with E-state index < -0.39 is 0 Å². The van der Waals surface area contributed by atoms with Crippen LogP contribution in [-0.4, -0.2) is 60.4 Å². The third-order valence-corrected chi connectivity index (χ3v) is 6.10. The van der Waals surface area contributed by atoms with Gasteiger partial charge in [-0.15, -0.1) is 0 Å². The molecule has 0 spiro atoms. The van der Waals surface area contributed by atoms with E-state index in [-0.39, 0.29) is 30.6 Å². The number of benzene rings is 2. The summed E-state index contributed by atoms with van der Waals surface area (Å²) in [6, 6.07) is 13.0. The normalized spacial score (nSPS) is 15.4. The SMILES string of the molecule is COCCN(CC(=O)N1N=C(c2ccc(C)c(C)c2)C[C@H]1c1ccc(Cl)cc1)C(=O)NC(C)C. The summed E-state index contributed by atoms with van der Waals surface area (Å²) >= 11 is 6.10. The Bertz CT molecular complexity index is 1050. The van der Waals surface area contributed by atoms with E-state index in [0.29, 0.717) is 24.6 Å². The van der Waals surface area contributed by atoms with Crippen molar-refractivity contribution in [2.24, 2.45) is 5.10 Å². The van der Waals surface area contributed by atoms with E-state index in [1.807, 2.05) is 44.2 Å². The summed E-state index contributed by atoms with van der Waals surface area (Å²) in [5.74, 6) is -0.256. The van der Waals surface area contributed by atoms with E-state index in [9.17, 15) is 9.59 Å². The van der Waals surface area contributed by atoms with Crippen LogP contribution in [0.1, 0.15) is 48.6 Å². The van der Waals surface area contributed by atoms with E-state index in [1.165, 1.54) is 21.0 Å². The molecule has 3 amide bonds. The lowest BCUT2D eigenvalue weighted by Gasteiger charge is -2.27. The lowest BCUT2D eigenvalue weighted by molar-refractivity contribution is -0.133. The Balaban J connectivity index is 1.90. The molecule has 1 atom stereocenters. The molecule has 2 aromatic carbocycles. The number of hydrogen-bond acceptors (Lipinski definition) is 4. The molecule has 0 saturated carbocycles. The third-order valence-electron chi connectivity index (χ3n) is 5.85. The van der Waals surface area contributed by atoms with Crippen molar-refractivity contribution in [1.82, 2.24) is 15.2 Å². The molecule has 8 heteroatoms. The first-order valence-electron chi connectivity index (χ1n) is 11.5. The van der Waals surface area contributed by atoms with E-state index in [2.05, 4.69) is 31.3 Å². The Labute approximate surface area is 206 Å². The zero-order valence-electron chi connectivity index (χ0n) is 20.5. The molecule has 1 heterocycles. The van der Waals surface area contributed by atoms with Crippen LogP contribution in [0.15, 0.2) is 47.6 Å². The van der Waals surface area contributed by atoms with Crippen LogP contribution in [0.2, 0.25) is 5.02 Å². The molecule has 0 unspecified atom stereocenters. The number of hydrogen-bond donors (Lipinski definition) is 1. The molecule has 0 bridgehead atoms. The van der Waals surface area contributed by atoms with Gasteiger partial charge in [0.05, 0.1) is 18.4 Å². The number of carbonyl (C=O) groups is 2. The number of hydrazone groups is 1. The first kappa shape index (κ1) is 25.7. The number of ether oxygens (including phenoxy) is 1. The Morgan fingerprint density at radius 2 is 1.88 bits per heavy atom. The van der Waals surface area contributed by atoms with Crippen LogP contribution in [0.4, 0.5) is 4.79 Å². The largest absolute Gasteiger partial charge is 0.383 e. The molecule has 3 rings (SSSR count). The maximum absolute atomic E-state index is 13.5. The van der Waals surface area contributed by atoms with Crippen LogP contribution >= 0.6 is 11.6 Å². The second-order valence-electron chi connectivity index (χ2n) is 8.87. The monoisotopic (exact) mass is 484 g/mol. The summed E-state index contributed by atoms with van der Waals surface area (Å²) in [6.07, 6.45) is 0.576. The van der Waals surface area contributed by atoms with Gasteiger partial charge in [-0.05, 0) is 68.1 Å². The summed E-state index contributed by atoms with van der Waals surface area (Å²) in [6.45, 7) is 8.42. The predicted octanol–water partition coefficient (Wildman–Crippen LogP) is 4.70. The number of carbonyl (C=O) groups excluding carboxylic acids is 2.